The second kappa shape index (κ2) is 10.2. The lowest BCUT2D eigenvalue weighted by molar-refractivity contribution is -0.117. The van der Waals surface area contributed by atoms with Gasteiger partial charge in [-0.3, -0.25) is 9.59 Å². The van der Waals surface area contributed by atoms with Crippen LogP contribution in [0, 0.1) is 0 Å². The number of amides is 2. The molecule has 0 saturated heterocycles. The third-order valence-electron chi connectivity index (χ3n) is 4.29. The molecule has 0 radical (unpaired) electrons. The number of halogens is 1. The predicted octanol–water partition coefficient (Wildman–Crippen LogP) is 3.65. The summed E-state index contributed by atoms with van der Waals surface area (Å²) in [6.07, 6.45) is 2.31. The van der Waals surface area contributed by atoms with E-state index in [1.54, 1.807) is 6.20 Å². The molecule has 0 spiro atoms. The number of aromatic nitrogens is 1. The molecule has 8 nitrogen and oxygen atoms in total. The van der Waals surface area contributed by atoms with E-state index in [0.717, 1.165) is 10.4 Å². The quantitative estimate of drug-likeness (QED) is 0.443. The van der Waals surface area contributed by atoms with Gasteiger partial charge < -0.3 is 10.6 Å². The lowest BCUT2D eigenvalue weighted by Crippen LogP contribution is -2.41. The Morgan fingerprint density at radius 2 is 1.72 bits per heavy atom. The molecule has 1 atom stereocenters. The molecule has 0 aliphatic rings. The summed E-state index contributed by atoms with van der Waals surface area (Å²) in [6.45, 7) is 2.80. The number of nitrogens with one attached hydrogen (secondary N) is 3. The highest BCUT2D eigenvalue weighted by atomic mass is 35.5. The van der Waals surface area contributed by atoms with Crippen molar-refractivity contribution in [2.45, 2.75) is 31.2 Å². The second-order valence-corrected chi connectivity index (χ2v) is 10.2. The number of sulfonamides is 1. The molecule has 32 heavy (non-hydrogen) atoms. The van der Waals surface area contributed by atoms with Crippen molar-refractivity contribution in [2.24, 2.45) is 0 Å². The smallest absolute Gasteiger partial charge is 0.244 e. The maximum absolute atomic E-state index is 12.6. The monoisotopic (exact) mass is 492 g/mol. The van der Waals surface area contributed by atoms with Crippen LogP contribution in [0.1, 0.15) is 24.3 Å². The van der Waals surface area contributed by atoms with Crippen LogP contribution in [0.15, 0.2) is 59.6 Å². The molecule has 3 aromatic rings. The zero-order chi connectivity index (χ0) is 23.3. The van der Waals surface area contributed by atoms with Gasteiger partial charge in [0.15, 0.2) is 5.13 Å². The Bertz CT molecular complexity index is 1210. The Balaban J connectivity index is 1.59. The average Bonchev–Trinajstić information content (AvgIpc) is 3.16. The number of thiazole rings is 1. The van der Waals surface area contributed by atoms with Crippen molar-refractivity contribution in [3.63, 3.8) is 0 Å². The number of nitrogens with zero attached hydrogens (tertiary/aromatic N) is 1. The first-order chi connectivity index (χ1) is 15.1. The Morgan fingerprint density at radius 3 is 2.34 bits per heavy atom. The minimum absolute atomic E-state index is 0.0225. The van der Waals surface area contributed by atoms with Gasteiger partial charge in [0, 0.05) is 35.1 Å². The Kier molecular flexibility index (Phi) is 7.62. The molecule has 0 bridgehead atoms. The molecule has 3 rings (SSSR count). The van der Waals surface area contributed by atoms with Gasteiger partial charge in [-0.05, 0) is 48.9 Å². The number of carbonyl (C=O) groups excluding carboxylic acids is 2. The van der Waals surface area contributed by atoms with Gasteiger partial charge in [-0.1, -0.05) is 23.7 Å². The molecule has 2 aromatic carbocycles. The van der Waals surface area contributed by atoms with Gasteiger partial charge in [-0.2, -0.15) is 4.72 Å². The Labute approximate surface area is 195 Å². The topological polar surface area (TPSA) is 117 Å². The zero-order valence-electron chi connectivity index (χ0n) is 17.3. The van der Waals surface area contributed by atoms with E-state index in [4.69, 9.17) is 11.6 Å². The molecule has 0 aliphatic heterocycles. The maximum Gasteiger partial charge on any atom is 0.244 e. The third-order valence-corrected chi connectivity index (χ3v) is 7.01. The molecule has 1 aromatic heterocycles. The van der Waals surface area contributed by atoms with E-state index in [0.29, 0.717) is 22.3 Å². The molecule has 0 fully saturated rings. The van der Waals surface area contributed by atoms with E-state index in [1.807, 2.05) is 24.3 Å². The molecular formula is C21H21ClN4O4S2. The highest BCUT2D eigenvalue weighted by Crippen LogP contribution is 2.22. The normalized spacial score (nSPS) is 12.2. The van der Waals surface area contributed by atoms with Gasteiger partial charge in [-0.25, -0.2) is 13.4 Å². The van der Waals surface area contributed by atoms with Gasteiger partial charge in [0.2, 0.25) is 21.8 Å². The number of hydrogen-bond acceptors (Lipinski definition) is 6. The summed E-state index contributed by atoms with van der Waals surface area (Å²) in [4.78, 5) is 28.7. The van der Waals surface area contributed by atoms with Crippen molar-refractivity contribution < 1.29 is 18.0 Å². The fourth-order valence-corrected chi connectivity index (χ4v) is 4.92. The summed E-state index contributed by atoms with van der Waals surface area (Å²) in [5, 5.41) is 6.23. The number of anilines is 2. The van der Waals surface area contributed by atoms with Gasteiger partial charge >= 0.3 is 0 Å². The van der Waals surface area contributed by atoms with Crippen LogP contribution in [0.3, 0.4) is 0 Å². The molecule has 1 heterocycles. The summed E-state index contributed by atoms with van der Waals surface area (Å²) >= 11 is 7.21. The first-order valence-corrected chi connectivity index (χ1v) is 12.2. The van der Waals surface area contributed by atoms with Crippen molar-refractivity contribution in [1.82, 2.24) is 9.71 Å². The van der Waals surface area contributed by atoms with Crippen molar-refractivity contribution >= 4 is 55.6 Å². The number of carbonyl (C=O) groups is 2. The third kappa shape index (κ3) is 6.60. The number of hydrogen-bond donors (Lipinski definition) is 3. The number of rotatable bonds is 8. The Hall–Kier alpha value is -2.79. The molecule has 168 valence electrons. The van der Waals surface area contributed by atoms with Crippen LogP contribution >= 0.6 is 22.9 Å². The van der Waals surface area contributed by atoms with Gasteiger partial charge in [0.1, 0.15) is 0 Å². The van der Waals surface area contributed by atoms with Crippen molar-refractivity contribution in [1.29, 1.82) is 0 Å². The predicted molar refractivity (Wildman–Crippen MR) is 126 cm³/mol. The van der Waals surface area contributed by atoms with E-state index in [9.17, 15) is 18.0 Å². The van der Waals surface area contributed by atoms with E-state index < -0.39 is 22.0 Å². The van der Waals surface area contributed by atoms with Crippen LogP contribution in [0.4, 0.5) is 10.8 Å². The SMILES string of the molecule is CC(=O)Nc1ccc(S(=O)(=O)N[C@@H](C)C(=O)Nc2ncc(Cc3ccc(Cl)cc3)s2)cc1. The Morgan fingerprint density at radius 1 is 1.06 bits per heavy atom. The van der Waals surface area contributed by atoms with Crippen LogP contribution in [0.5, 0.6) is 0 Å². The first-order valence-electron chi connectivity index (χ1n) is 9.52. The molecule has 3 N–H and O–H groups in total. The van der Waals surface area contributed by atoms with Gasteiger partial charge in [0.25, 0.3) is 0 Å². The highest BCUT2D eigenvalue weighted by molar-refractivity contribution is 7.89. The number of benzene rings is 2. The minimum atomic E-state index is -3.93. The molecule has 11 heteroatoms. The average molecular weight is 493 g/mol. The zero-order valence-corrected chi connectivity index (χ0v) is 19.6. The highest BCUT2D eigenvalue weighted by Gasteiger charge is 2.23. The second-order valence-electron chi connectivity index (χ2n) is 6.97. The summed E-state index contributed by atoms with van der Waals surface area (Å²) in [7, 11) is -3.93. The van der Waals surface area contributed by atoms with Crippen LogP contribution in [0.2, 0.25) is 5.02 Å². The van der Waals surface area contributed by atoms with E-state index in [2.05, 4.69) is 20.3 Å². The van der Waals surface area contributed by atoms with Crippen molar-refractivity contribution in [3.8, 4) is 0 Å². The summed E-state index contributed by atoms with van der Waals surface area (Å²) < 4.78 is 27.5. The fourth-order valence-electron chi connectivity index (χ4n) is 2.74. The van der Waals surface area contributed by atoms with E-state index in [-0.39, 0.29) is 10.8 Å². The van der Waals surface area contributed by atoms with Crippen LogP contribution in [-0.4, -0.2) is 31.3 Å². The summed E-state index contributed by atoms with van der Waals surface area (Å²) in [6, 6.07) is 12.1. The van der Waals surface area contributed by atoms with E-state index in [1.165, 1.54) is 49.4 Å². The van der Waals surface area contributed by atoms with E-state index >= 15 is 0 Å². The van der Waals surface area contributed by atoms with Crippen molar-refractivity contribution in [2.75, 3.05) is 10.6 Å². The van der Waals surface area contributed by atoms with Crippen LogP contribution < -0.4 is 15.4 Å². The molecule has 2 amide bonds. The summed E-state index contributed by atoms with van der Waals surface area (Å²) in [5.74, 6) is -0.793. The standard InChI is InChI=1S/C21H21ClN4O4S2/c1-13(26-32(29,30)19-9-7-17(8-10-19)24-14(2)27)20(28)25-21-23-12-18(31-21)11-15-3-5-16(22)6-4-15/h3-10,12-13,26H,11H2,1-2H3,(H,24,27)(H,23,25,28)/t13-/m0/s1. The van der Waals surface area contributed by atoms with Crippen molar-refractivity contribution in [3.05, 3.63) is 70.2 Å². The van der Waals surface area contributed by atoms with Gasteiger partial charge in [0.05, 0.1) is 10.9 Å². The lowest BCUT2D eigenvalue weighted by atomic mass is 10.1. The van der Waals surface area contributed by atoms with Crippen LogP contribution in [-0.2, 0) is 26.0 Å². The molecule has 0 unspecified atom stereocenters. The molecule has 0 saturated carbocycles. The molecular weight excluding hydrogens is 472 g/mol. The fraction of sp³-hybridized carbons (Fsp3) is 0.190. The minimum Gasteiger partial charge on any atom is -0.326 e. The maximum atomic E-state index is 12.6. The van der Waals surface area contributed by atoms with Gasteiger partial charge in [-0.15, -0.1) is 11.3 Å². The lowest BCUT2D eigenvalue weighted by Gasteiger charge is -2.13. The largest absolute Gasteiger partial charge is 0.326 e. The summed E-state index contributed by atoms with van der Waals surface area (Å²) in [5.41, 5.74) is 1.53. The molecule has 0 aliphatic carbocycles. The first kappa shape index (κ1) is 23.9. The van der Waals surface area contributed by atoms with Crippen LogP contribution in [0.25, 0.3) is 0 Å².